The molecule has 0 atom stereocenters. The number of nitrogens with zero attached hydrogens (tertiary/aromatic N) is 1. The smallest absolute Gasteiger partial charge is 0.341 e. The van der Waals surface area contributed by atoms with Crippen molar-refractivity contribution in [1.29, 1.82) is 0 Å². The van der Waals surface area contributed by atoms with E-state index in [2.05, 4.69) is 48.5 Å². The minimum atomic E-state index is -0.968. The first-order chi connectivity index (χ1) is 17.1. The number of carboxylic acids is 1. The molecule has 3 aromatic rings. The van der Waals surface area contributed by atoms with Gasteiger partial charge in [-0.25, -0.2) is 4.79 Å². The van der Waals surface area contributed by atoms with Gasteiger partial charge in [0.05, 0.1) is 5.71 Å². The first kappa shape index (κ1) is 24.3. The highest BCUT2D eigenvalue weighted by atomic mass is 16.6. The third-order valence-corrected chi connectivity index (χ3v) is 6.21. The number of allylic oxidation sites excluding steroid dienone is 1. The number of rotatable bonds is 11. The van der Waals surface area contributed by atoms with Crippen LogP contribution in [0.1, 0.15) is 61.0 Å². The Hall–Kier alpha value is -3.86. The zero-order valence-electron chi connectivity index (χ0n) is 20.0. The van der Waals surface area contributed by atoms with E-state index in [4.69, 9.17) is 14.7 Å². The predicted molar refractivity (Wildman–Crippen MR) is 139 cm³/mol. The Bertz CT molecular complexity index is 1150. The van der Waals surface area contributed by atoms with Crippen LogP contribution in [0.4, 0.5) is 0 Å². The van der Waals surface area contributed by atoms with Gasteiger partial charge in [-0.15, -0.1) is 0 Å². The molecule has 4 rings (SSSR count). The lowest BCUT2D eigenvalue weighted by atomic mass is 9.89. The topological polar surface area (TPSA) is 68.1 Å². The SMILES string of the molecule is CCC(CCC1=Cc2cccc(OCC(=O)O)c2CC1)=NOC(c1ccccc1)c1ccccc1. The molecule has 1 N–H and O–H groups in total. The van der Waals surface area contributed by atoms with Gasteiger partial charge in [0.25, 0.3) is 0 Å². The number of carbonyl (C=O) groups is 1. The molecule has 3 aromatic carbocycles. The second-order valence-electron chi connectivity index (χ2n) is 8.63. The fraction of sp³-hybridized carbons (Fsp3) is 0.267. The third-order valence-electron chi connectivity index (χ3n) is 6.21. The molecule has 1 aliphatic carbocycles. The molecule has 35 heavy (non-hydrogen) atoms. The van der Waals surface area contributed by atoms with E-state index in [9.17, 15) is 4.79 Å². The number of ether oxygens (including phenoxy) is 1. The minimum absolute atomic E-state index is 0.246. The van der Waals surface area contributed by atoms with Crippen molar-refractivity contribution in [3.8, 4) is 5.75 Å². The Labute approximate surface area is 206 Å². The summed E-state index contributed by atoms with van der Waals surface area (Å²) < 4.78 is 5.48. The van der Waals surface area contributed by atoms with Gasteiger partial charge in [0.15, 0.2) is 12.7 Å². The first-order valence-electron chi connectivity index (χ1n) is 12.1. The Morgan fingerprint density at radius 1 is 0.943 bits per heavy atom. The third kappa shape index (κ3) is 6.60. The van der Waals surface area contributed by atoms with Crippen molar-refractivity contribution in [2.45, 2.75) is 45.1 Å². The zero-order valence-corrected chi connectivity index (χ0v) is 20.0. The van der Waals surface area contributed by atoms with Crippen LogP contribution in [-0.4, -0.2) is 23.4 Å². The lowest BCUT2D eigenvalue weighted by Crippen LogP contribution is -2.12. The molecule has 0 unspecified atom stereocenters. The molecule has 5 heteroatoms. The van der Waals surface area contributed by atoms with Gasteiger partial charge in [-0.05, 0) is 54.9 Å². The zero-order chi connectivity index (χ0) is 24.5. The molecule has 1 aliphatic rings. The molecule has 0 radical (unpaired) electrons. The molecule has 0 saturated heterocycles. The Morgan fingerprint density at radius 2 is 1.63 bits per heavy atom. The van der Waals surface area contributed by atoms with Crippen molar-refractivity contribution in [2.24, 2.45) is 5.16 Å². The second kappa shape index (κ2) is 12.0. The summed E-state index contributed by atoms with van der Waals surface area (Å²) in [6.45, 7) is 1.79. The maximum Gasteiger partial charge on any atom is 0.341 e. The average Bonchev–Trinajstić information content (AvgIpc) is 2.90. The Balaban J connectivity index is 1.44. The normalized spacial score (nSPS) is 13.2. The number of fused-ring (bicyclic) bond motifs is 1. The van der Waals surface area contributed by atoms with Crippen molar-refractivity contribution in [3.05, 3.63) is 107 Å². The highest BCUT2D eigenvalue weighted by molar-refractivity contribution is 5.84. The van der Waals surface area contributed by atoms with E-state index in [1.54, 1.807) is 0 Å². The molecular formula is C30H31NO4. The summed E-state index contributed by atoms with van der Waals surface area (Å²) in [5.74, 6) is -0.303. The van der Waals surface area contributed by atoms with Crippen LogP contribution in [0.3, 0.4) is 0 Å². The molecule has 0 bridgehead atoms. The van der Waals surface area contributed by atoms with E-state index >= 15 is 0 Å². The number of benzene rings is 3. The van der Waals surface area contributed by atoms with E-state index in [0.717, 1.165) is 60.1 Å². The number of aliphatic carboxylic acids is 1. The fourth-order valence-electron chi connectivity index (χ4n) is 4.32. The van der Waals surface area contributed by atoms with Crippen molar-refractivity contribution in [2.75, 3.05) is 6.61 Å². The summed E-state index contributed by atoms with van der Waals surface area (Å²) >= 11 is 0. The van der Waals surface area contributed by atoms with E-state index in [-0.39, 0.29) is 12.7 Å². The van der Waals surface area contributed by atoms with Crippen molar-refractivity contribution in [3.63, 3.8) is 0 Å². The summed E-state index contributed by atoms with van der Waals surface area (Å²) in [6.07, 6.45) is 6.31. The largest absolute Gasteiger partial charge is 0.482 e. The fourth-order valence-corrected chi connectivity index (χ4v) is 4.32. The maximum absolute atomic E-state index is 10.9. The van der Waals surface area contributed by atoms with Crippen LogP contribution >= 0.6 is 0 Å². The molecule has 5 nitrogen and oxygen atoms in total. The quantitative estimate of drug-likeness (QED) is 0.247. The molecular weight excluding hydrogens is 438 g/mol. The molecule has 0 spiro atoms. The molecule has 0 saturated carbocycles. The monoisotopic (exact) mass is 469 g/mol. The summed E-state index contributed by atoms with van der Waals surface area (Å²) in [5.41, 5.74) is 6.73. The van der Waals surface area contributed by atoms with Gasteiger partial charge in [-0.1, -0.05) is 96.5 Å². The highest BCUT2D eigenvalue weighted by Crippen LogP contribution is 2.33. The summed E-state index contributed by atoms with van der Waals surface area (Å²) in [4.78, 5) is 17.0. The maximum atomic E-state index is 10.9. The first-order valence-corrected chi connectivity index (χ1v) is 12.1. The van der Waals surface area contributed by atoms with Gasteiger partial charge >= 0.3 is 5.97 Å². The molecule has 0 amide bonds. The van der Waals surface area contributed by atoms with Crippen LogP contribution < -0.4 is 4.74 Å². The van der Waals surface area contributed by atoms with E-state index in [1.807, 2.05) is 48.5 Å². The lowest BCUT2D eigenvalue weighted by molar-refractivity contribution is -0.139. The minimum Gasteiger partial charge on any atom is -0.482 e. The van der Waals surface area contributed by atoms with Gasteiger partial charge in [-0.3, -0.25) is 0 Å². The van der Waals surface area contributed by atoms with Gasteiger partial charge < -0.3 is 14.7 Å². The van der Waals surface area contributed by atoms with E-state index in [1.165, 1.54) is 5.57 Å². The summed E-state index contributed by atoms with van der Waals surface area (Å²) in [6, 6.07) is 26.2. The van der Waals surface area contributed by atoms with E-state index in [0.29, 0.717) is 5.75 Å². The van der Waals surface area contributed by atoms with E-state index < -0.39 is 5.97 Å². The van der Waals surface area contributed by atoms with Crippen LogP contribution in [-0.2, 0) is 16.1 Å². The number of carboxylic acid groups (broad SMARTS) is 1. The highest BCUT2D eigenvalue weighted by Gasteiger charge is 2.17. The van der Waals surface area contributed by atoms with Gasteiger partial charge in [-0.2, -0.15) is 0 Å². The molecule has 0 aliphatic heterocycles. The van der Waals surface area contributed by atoms with Gasteiger partial charge in [0.2, 0.25) is 0 Å². The van der Waals surface area contributed by atoms with Gasteiger partial charge in [0, 0.05) is 5.56 Å². The van der Waals surface area contributed by atoms with Crippen LogP contribution in [0, 0.1) is 0 Å². The molecule has 0 heterocycles. The number of oxime groups is 1. The lowest BCUT2D eigenvalue weighted by Gasteiger charge is -2.20. The Kier molecular flexibility index (Phi) is 8.34. The van der Waals surface area contributed by atoms with Crippen LogP contribution in [0.2, 0.25) is 0 Å². The summed E-state index contributed by atoms with van der Waals surface area (Å²) in [7, 11) is 0. The van der Waals surface area contributed by atoms with Crippen LogP contribution in [0.25, 0.3) is 6.08 Å². The van der Waals surface area contributed by atoms with Gasteiger partial charge in [0.1, 0.15) is 5.75 Å². The number of hydrogen-bond donors (Lipinski definition) is 1. The molecule has 0 aromatic heterocycles. The Morgan fingerprint density at radius 3 is 2.26 bits per heavy atom. The van der Waals surface area contributed by atoms with Crippen molar-refractivity contribution < 1.29 is 19.5 Å². The number of hydrogen-bond acceptors (Lipinski definition) is 4. The van der Waals surface area contributed by atoms with Crippen LogP contribution in [0.5, 0.6) is 5.75 Å². The van der Waals surface area contributed by atoms with Crippen LogP contribution in [0.15, 0.2) is 89.6 Å². The van der Waals surface area contributed by atoms with Crippen molar-refractivity contribution in [1.82, 2.24) is 0 Å². The standard InChI is InChI=1S/C30H31NO4/c1-2-26(31-35-30(23-10-5-3-6-11-23)24-12-7-4-8-13-24)18-16-22-17-19-27-25(20-22)14-9-15-28(27)34-21-29(32)33/h3-15,20,30H,2,16-19,21H2,1H3,(H,32,33). The molecule has 180 valence electrons. The summed E-state index contributed by atoms with van der Waals surface area (Å²) in [5, 5.41) is 13.5. The molecule has 0 fully saturated rings. The predicted octanol–water partition coefficient (Wildman–Crippen LogP) is 6.83. The average molecular weight is 470 g/mol. The second-order valence-corrected chi connectivity index (χ2v) is 8.63. The van der Waals surface area contributed by atoms with Crippen molar-refractivity contribution >= 4 is 17.8 Å².